The first-order valence-corrected chi connectivity index (χ1v) is 7.16. The summed E-state index contributed by atoms with van der Waals surface area (Å²) < 4.78 is 5.34. The second-order valence-corrected chi connectivity index (χ2v) is 6.77. The maximum absolute atomic E-state index is 12.1. The molecule has 0 saturated carbocycles. The van der Waals surface area contributed by atoms with Crippen molar-refractivity contribution in [2.75, 3.05) is 11.9 Å². The SMILES string of the molecule is CN(C(=O)OC(C)(C)C)c1sc2c(c1C#N)CCC2. The van der Waals surface area contributed by atoms with E-state index in [1.807, 2.05) is 20.8 Å². The van der Waals surface area contributed by atoms with Crippen LogP contribution in [-0.4, -0.2) is 18.7 Å². The highest BCUT2D eigenvalue weighted by atomic mass is 32.1. The zero-order valence-electron chi connectivity index (χ0n) is 11.7. The average molecular weight is 278 g/mol. The molecule has 1 amide bonds. The van der Waals surface area contributed by atoms with Crippen LogP contribution in [0.5, 0.6) is 0 Å². The fraction of sp³-hybridized carbons (Fsp3) is 0.571. The minimum Gasteiger partial charge on any atom is -0.443 e. The first-order chi connectivity index (χ1) is 8.83. The Morgan fingerprint density at radius 2 is 2.11 bits per heavy atom. The van der Waals surface area contributed by atoms with Gasteiger partial charge in [-0.2, -0.15) is 5.26 Å². The van der Waals surface area contributed by atoms with E-state index in [-0.39, 0.29) is 0 Å². The van der Waals surface area contributed by atoms with E-state index >= 15 is 0 Å². The Morgan fingerprint density at radius 1 is 1.42 bits per heavy atom. The molecule has 1 aliphatic carbocycles. The van der Waals surface area contributed by atoms with E-state index in [2.05, 4.69) is 6.07 Å². The topological polar surface area (TPSA) is 53.3 Å². The number of aryl methyl sites for hydroxylation is 1. The lowest BCUT2D eigenvalue weighted by atomic mass is 10.1. The summed E-state index contributed by atoms with van der Waals surface area (Å²) >= 11 is 1.54. The largest absolute Gasteiger partial charge is 0.443 e. The first-order valence-electron chi connectivity index (χ1n) is 6.35. The van der Waals surface area contributed by atoms with Crippen LogP contribution in [0.2, 0.25) is 0 Å². The molecule has 2 rings (SSSR count). The van der Waals surface area contributed by atoms with Crippen molar-refractivity contribution in [2.45, 2.75) is 45.6 Å². The molecule has 0 saturated heterocycles. The summed E-state index contributed by atoms with van der Waals surface area (Å²) in [6.07, 6.45) is 2.64. The summed E-state index contributed by atoms with van der Waals surface area (Å²) in [5.41, 5.74) is 1.24. The van der Waals surface area contributed by atoms with Crippen molar-refractivity contribution in [3.63, 3.8) is 0 Å². The lowest BCUT2D eigenvalue weighted by molar-refractivity contribution is 0.0590. The van der Waals surface area contributed by atoms with Gasteiger partial charge >= 0.3 is 6.09 Å². The monoisotopic (exact) mass is 278 g/mol. The van der Waals surface area contributed by atoms with Gasteiger partial charge in [0.25, 0.3) is 0 Å². The number of hydrogen-bond donors (Lipinski definition) is 0. The average Bonchev–Trinajstić information content (AvgIpc) is 2.84. The van der Waals surface area contributed by atoms with Crippen LogP contribution < -0.4 is 4.90 Å². The zero-order valence-corrected chi connectivity index (χ0v) is 12.6. The van der Waals surface area contributed by atoms with E-state index in [4.69, 9.17) is 4.74 Å². The number of fused-ring (bicyclic) bond motifs is 1. The molecule has 1 aromatic rings. The fourth-order valence-corrected chi connectivity index (χ4v) is 3.44. The zero-order chi connectivity index (χ0) is 14.2. The van der Waals surface area contributed by atoms with E-state index in [0.717, 1.165) is 24.8 Å². The third-order valence-electron chi connectivity index (χ3n) is 2.99. The Morgan fingerprint density at radius 3 is 2.68 bits per heavy atom. The van der Waals surface area contributed by atoms with Gasteiger partial charge in [-0.25, -0.2) is 4.79 Å². The molecule has 0 radical (unpaired) electrons. The van der Waals surface area contributed by atoms with Crippen LogP contribution in [0.1, 0.15) is 43.2 Å². The molecule has 0 bridgehead atoms. The molecule has 1 heterocycles. The van der Waals surface area contributed by atoms with Crippen molar-refractivity contribution < 1.29 is 9.53 Å². The minimum atomic E-state index is -0.530. The van der Waals surface area contributed by atoms with Gasteiger partial charge in [-0.15, -0.1) is 11.3 Å². The summed E-state index contributed by atoms with van der Waals surface area (Å²) in [5, 5.41) is 10.0. The molecule has 0 N–H and O–H groups in total. The highest BCUT2D eigenvalue weighted by Gasteiger charge is 2.28. The van der Waals surface area contributed by atoms with Crippen molar-refractivity contribution in [3.8, 4) is 6.07 Å². The molecule has 0 aliphatic heterocycles. The lowest BCUT2D eigenvalue weighted by Crippen LogP contribution is -2.34. The van der Waals surface area contributed by atoms with Gasteiger partial charge in [0.05, 0.1) is 5.56 Å². The first kappa shape index (κ1) is 13.9. The summed E-state index contributed by atoms with van der Waals surface area (Å²) in [4.78, 5) is 14.7. The van der Waals surface area contributed by atoms with Crippen LogP contribution in [-0.2, 0) is 17.6 Å². The molecule has 0 fully saturated rings. The quantitative estimate of drug-likeness (QED) is 0.790. The van der Waals surface area contributed by atoms with Gasteiger partial charge in [0.15, 0.2) is 0 Å². The van der Waals surface area contributed by atoms with Crippen LogP contribution in [0.4, 0.5) is 9.80 Å². The van der Waals surface area contributed by atoms with E-state index in [1.54, 1.807) is 7.05 Å². The van der Waals surface area contributed by atoms with Crippen molar-refractivity contribution in [3.05, 3.63) is 16.0 Å². The number of nitriles is 1. The number of nitrogens with zero attached hydrogens (tertiary/aromatic N) is 2. The number of thiophene rings is 1. The number of anilines is 1. The minimum absolute atomic E-state index is 0.413. The lowest BCUT2D eigenvalue weighted by Gasteiger charge is -2.24. The molecule has 0 spiro atoms. The maximum Gasteiger partial charge on any atom is 0.415 e. The van der Waals surface area contributed by atoms with Crippen molar-refractivity contribution in [1.82, 2.24) is 0 Å². The van der Waals surface area contributed by atoms with Gasteiger partial charge < -0.3 is 4.74 Å². The van der Waals surface area contributed by atoms with Gasteiger partial charge in [-0.1, -0.05) is 0 Å². The Hall–Kier alpha value is -1.54. The number of rotatable bonds is 1. The van der Waals surface area contributed by atoms with Crippen LogP contribution in [0, 0.1) is 11.3 Å². The Bertz CT molecular complexity index is 549. The summed E-state index contributed by atoms with van der Waals surface area (Å²) in [6, 6.07) is 2.24. The summed E-state index contributed by atoms with van der Waals surface area (Å²) in [7, 11) is 1.66. The van der Waals surface area contributed by atoms with E-state index in [9.17, 15) is 10.1 Å². The van der Waals surface area contributed by atoms with Crippen LogP contribution in [0.25, 0.3) is 0 Å². The van der Waals surface area contributed by atoms with Gasteiger partial charge in [-0.05, 0) is 45.6 Å². The third-order valence-corrected chi connectivity index (χ3v) is 4.35. The van der Waals surface area contributed by atoms with Crippen molar-refractivity contribution in [2.24, 2.45) is 0 Å². The van der Waals surface area contributed by atoms with Gasteiger partial charge in [-0.3, -0.25) is 4.90 Å². The van der Waals surface area contributed by atoms with E-state index in [1.165, 1.54) is 21.1 Å². The molecule has 1 aliphatic rings. The highest BCUT2D eigenvalue weighted by molar-refractivity contribution is 7.16. The second kappa shape index (κ2) is 4.86. The normalized spacial score (nSPS) is 13.8. The predicted molar refractivity (Wildman–Crippen MR) is 75.7 cm³/mol. The second-order valence-electron chi connectivity index (χ2n) is 5.69. The van der Waals surface area contributed by atoms with E-state index in [0.29, 0.717) is 10.6 Å². The Kier molecular flexibility index (Phi) is 3.55. The summed E-state index contributed by atoms with van der Waals surface area (Å²) in [5.74, 6) is 0. The standard InChI is InChI=1S/C14H18N2O2S/c1-14(2,3)18-13(17)16(4)12-10(8-15)9-6-5-7-11(9)19-12/h5-7H2,1-4H3. The molecular formula is C14H18N2O2S. The number of carbonyl (C=O) groups is 1. The fourth-order valence-electron chi connectivity index (χ4n) is 2.15. The molecule has 19 heavy (non-hydrogen) atoms. The van der Waals surface area contributed by atoms with Crippen LogP contribution in [0.3, 0.4) is 0 Å². The molecule has 102 valence electrons. The third kappa shape index (κ3) is 2.74. The molecule has 0 aromatic carbocycles. The molecular weight excluding hydrogens is 260 g/mol. The molecule has 5 heteroatoms. The van der Waals surface area contributed by atoms with Gasteiger partial charge in [0.1, 0.15) is 16.7 Å². The summed E-state index contributed by atoms with van der Waals surface area (Å²) in [6.45, 7) is 5.50. The molecule has 4 nitrogen and oxygen atoms in total. The van der Waals surface area contributed by atoms with Crippen LogP contribution in [0.15, 0.2) is 0 Å². The molecule has 1 aromatic heterocycles. The van der Waals surface area contributed by atoms with Gasteiger partial charge in [0.2, 0.25) is 0 Å². The molecule has 0 atom stereocenters. The Labute approximate surface area is 117 Å². The van der Waals surface area contributed by atoms with Crippen molar-refractivity contribution in [1.29, 1.82) is 5.26 Å². The number of hydrogen-bond acceptors (Lipinski definition) is 4. The van der Waals surface area contributed by atoms with Gasteiger partial charge in [0, 0.05) is 11.9 Å². The number of amides is 1. The molecule has 0 unspecified atom stereocenters. The predicted octanol–water partition coefficient (Wildman–Crippen LogP) is 3.48. The number of carbonyl (C=O) groups excluding carboxylic acids is 1. The van der Waals surface area contributed by atoms with E-state index < -0.39 is 11.7 Å². The Balaban J connectivity index is 2.28. The highest BCUT2D eigenvalue weighted by Crippen LogP contribution is 2.40. The van der Waals surface area contributed by atoms with Crippen molar-refractivity contribution >= 4 is 22.4 Å². The smallest absolute Gasteiger partial charge is 0.415 e. The maximum atomic E-state index is 12.1. The number of ether oxygens (including phenoxy) is 1. The van der Waals surface area contributed by atoms with Crippen LogP contribution >= 0.6 is 11.3 Å².